The van der Waals surface area contributed by atoms with E-state index < -0.39 is 0 Å². The minimum absolute atomic E-state index is 0.300. The van der Waals surface area contributed by atoms with Crippen molar-refractivity contribution >= 4 is 23.5 Å². The lowest BCUT2D eigenvalue weighted by Crippen LogP contribution is -2.15. The van der Waals surface area contributed by atoms with Gasteiger partial charge in [-0.25, -0.2) is 0 Å². The fraction of sp³-hybridized carbons (Fsp3) is 0.357. The molecule has 2 rings (SSSR count). The topological polar surface area (TPSA) is 17.1 Å². The molecular weight excluding hydrogens is 220 g/mol. The monoisotopic (exact) mass is 234 g/mol. The Labute approximate surface area is 101 Å². The predicted octanol–water partition coefficient (Wildman–Crippen LogP) is 4.11. The summed E-state index contributed by atoms with van der Waals surface area (Å²) in [6.45, 7) is 2.14. The van der Waals surface area contributed by atoms with Crippen molar-refractivity contribution in [3.63, 3.8) is 0 Å². The molecule has 0 saturated heterocycles. The van der Waals surface area contributed by atoms with E-state index in [-0.39, 0.29) is 0 Å². The second-order valence-corrected chi connectivity index (χ2v) is 4.93. The number of allylic oxidation sites excluding steroid dienone is 1. The van der Waals surface area contributed by atoms with Gasteiger partial charge < -0.3 is 0 Å². The molecule has 0 heterocycles. The molecule has 0 amide bonds. The second-order valence-electron chi connectivity index (χ2n) is 4.49. The molecule has 16 heavy (non-hydrogen) atoms. The molecule has 1 aromatic carbocycles. The summed E-state index contributed by atoms with van der Waals surface area (Å²) in [5.74, 6) is 0.837. The molecule has 1 nitrogen and oxygen atoms in total. The molecule has 1 aromatic rings. The summed E-state index contributed by atoms with van der Waals surface area (Å²) in [5.41, 5.74) is 2.02. The fourth-order valence-corrected chi connectivity index (χ4v) is 2.13. The summed E-state index contributed by atoms with van der Waals surface area (Å²) in [6.07, 6.45) is 4.71. The van der Waals surface area contributed by atoms with Gasteiger partial charge in [0.1, 0.15) is 0 Å². The van der Waals surface area contributed by atoms with Gasteiger partial charge in [0.25, 0.3) is 0 Å². The molecule has 0 N–H and O–H groups in total. The van der Waals surface area contributed by atoms with E-state index in [0.717, 1.165) is 29.0 Å². The van der Waals surface area contributed by atoms with Crippen molar-refractivity contribution in [2.45, 2.75) is 26.2 Å². The number of ketones is 1. The number of hydrogen-bond donors (Lipinski definition) is 0. The zero-order valence-corrected chi connectivity index (χ0v) is 10.1. The zero-order valence-electron chi connectivity index (χ0n) is 9.37. The highest BCUT2D eigenvalue weighted by Crippen LogP contribution is 2.26. The number of carbonyl (C=O) groups excluding carboxylic acids is 1. The first-order valence-electron chi connectivity index (χ1n) is 5.64. The molecule has 0 aliphatic heterocycles. The molecule has 0 radical (unpaired) electrons. The van der Waals surface area contributed by atoms with Crippen LogP contribution in [0.4, 0.5) is 0 Å². The standard InChI is InChI=1S/C14H15ClO/c1-10-2-5-12(14(16)8-10)9-11-3-6-13(15)7-4-11/h3-4,6-7,9-10H,2,5,8H2,1H3/b12-9-. The van der Waals surface area contributed by atoms with E-state index in [1.54, 1.807) is 0 Å². The maximum atomic E-state index is 11.8. The van der Waals surface area contributed by atoms with E-state index >= 15 is 0 Å². The van der Waals surface area contributed by atoms with Crippen LogP contribution in [-0.2, 0) is 4.79 Å². The lowest BCUT2D eigenvalue weighted by molar-refractivity contribution is -0.117. The molecular formula is C14H15ClO. The smallest absolute Gasteiger partial charge is 0.159 e. The highest BCUT2D eigenvalue weighted by molar-refractivity contribution is 6.30. The van der Waals surface area contributed by atoms with E-state index in [9.17, 15) is 4.79 Å². The van der Waals surface area contributed by atoms with Crippen molar-refractivity contribution in [3.05, 3.63) is 40.4 Å². The molecule has 1 saturated carbocycles. The van der Waals surface area contributed by atoms with Crippen LogP contribution in [0.2, 0.25) is 5.02 Å². The highest BCUT2D eigenvalue weighted by Gasteiger charge is 2.20. The van der Waals surface area contributed by atoms with Gasteiger partial charge in [-0.1, -0.05) is 30.7 Å². The first kappa shape index (κ1) is 11.4. The summed E-state index contributed by atoms with van der Waals surface area (Å²) >= 11 is 5.81. The number of halogens is 1. The lowest BCUT2D eigenvalue weighted by atomic mass is 9.85. The van der Waals surface area contributed by atoms with E-state index in [1.165, 1.54) is 0 Å². The minimum Gasteiger partial charge on any atom is -0.295 e. The summed E-state index contributed by atoms with van der Waals surface area (Å²) in [4.78, 5) is 11.8. The summed E-state index contributed by atoms with van der Waals surface area (Å²) in [7, 11) is 0. The molecule has 1 fully saturated rings. The maximum Gasteiger partial charge on any atom is 0.159 e. The second kappa shape index (κ2) is 4.84. The Kier molecular flexibility index (Phi) is 3.45. The molecule has 84 valence electrons. The number of hydrogen-bond acceptors (Lipinski definition) is 1. The highest BCUT2D eigenvalue weighted by atomic mass is 35.5. The van der Waals surface area contributed by atoms with Crippen LogP contribution in [0, 0.1) is 5.92 Å². The van der Waals surface area contributed by atoms with Gasteiger partial charge in [0.2, 0.25) is 0 Å². The minimum atomic E-state index is 0.300. The molecule has 1 atom stereocenters. The van der Waals surface area contributed by atoms with Crippen molar-refractivity contribution in [1.29, 1.82) is 0 Å². The van der Waals surface area contributed by atoms with Gasteiger partial charge in [-0.2, -0.15) is 0 Å². The zero-order chi connectivity index (χ0) is 11.5. The van der Waals surface area contributed by atoms with Gasteiger partial charge >= 0.3 is 0 Å². The summed E-state index contributed by atoms with van der Waals surface area (Å²) in [6, 6.07) is 7.59. The van der Waals surface area contributed by atoms with Gasteiger partial charge in [-0.05, 0) is 48.1 Å². The van der Waals surface area contributed by atoms with Crippen LogP contribution >= 0.6 is 11.6 Å². The molecule has 1 aliphatic rings. The molecule has 0 bridgehead atoms. The number of carbonyl (C=O) groups is 1. The van der Waals surface area contributed by atoms with E-state index in [1.807, 2.05) is 30.3 Å². The van der Waals surface area contributed by atoms with Crippen LogP contribution in [0.3, 0.4) is 0 Å². The molecule has 1 aliphatic carbocycles. The van der Waals surface area contributed by atoms with Crippen LogP contribution in [0.1, 0.15) is 31.7 Å². The van der Waals surface area contributed by atoms with Crippen molar-refractivity contribution in [3.8, 4) is 0 Å². The average molecular weight is 235 g/mol. The summed E-state index contributed by atoms with van der Waals surface area (Å²) in [5, 5.41) is 0.728. The van der Waals surface area contributed by atoms with Crippen LogP contribution in [0.25, 0.3) is 6.08 Å². The molecule has 0 spiro atoms. The van der Waals surface area contributed by atoms with Crippen molar-refractivity contribution in [1.82, 2.24) is 0 Å². The average Bonchev–Trinajstić information content (AvgIpc) is 2.25. The first-order chi connectivity index (χ1) is 7.65. The van der Waals surface area contributed by atoms with Gasteiger partial charge in [0, 0.05) is 11.4 Å². The molecule has 0 aromatic heterocycles. The normalized spacial score (nSPS) is 23.8. The Balaban J connectivity index is 2.18. The van der Waals surface area contributed by atoms with Crippen LogP contribution in [0.15, 0.2) is 29.8 Å². The predicted molar refractivity (Wildman–Crippen MR) is 67.5 cm³/mol. The van der Waals surface area contributed by atoms with Gasteiger partial charge in [0.15, 0.2) is 5.78 Å². The van der Waals surface area contributed by atoms with Gasteiger partial charge in [-0.3, -0.25) is 4.79 Å². The largest absolute Gasteiger partial charge is 0.295 e. The first-order valence-corrected chi connectivity index (χ1v) is 6.02. The van der Waals surface area contributed by atoms with Crippen LogP contribution in [-0.4, -0.2) is 5.78 Å². The van der Waals surface area contributed by atoms with E-state index in [0.29, 0.717) is 18.1 Å². The number of Topliss-reactive ketones (excluding diaryl/α,β-unsaturated/α-hetero) is 1. The Bertz CT molecular complexity index is 417. The maximum absolute atomic E-state index is 11.8. The van der Waals surface area contributed by atoms with E-state index in [2.05, 4.69) is 6.92 Å². The lowest BCUT2D eigenvalue weighted by Gasteiger charge is -2.18. The van der Waals surface area contributed by atoms with Gasteiger partial charge in [0.05, 0.1) is 0 Å². The third kappa shape index (κ3) is 2.73. The van der Waals surface area contributed by atoms with Crippen LogP contribution in [0.5, 0.6) is 0 Å². The molecule has 1 unspecified atom stereocenters. The third-order valence-electron chi connectivity index (χ3n) is 3.01. The quantitative estimate of drug-likeness (QED) is 0.669. The van der Waals surface area contributed by atoms with Crippen molar-refractivity contribution in [2.24, 2.45) is 5.92 Å². The third-order valence-corrected chi connectivity index (χ3v) is 3.26. The van der Waals surface area contributed by atoms with Crippen LogP contribution < -0.4 is 0 Å². The number of rotatable bonds is 1. The Morgan fingerprint density at radius 2 is 2.00 bits per heavy atom. The Hall–Kier alpha value is -1.08. The van der Waals surface area contributed by atoms with E-state index in [4.69, 9.17) is 11.6 Å². The Morgan fingerprint density at radius 3 is 2.62 bits per heavy atom. The van der Waals surface area contributed by atoms with Crippen molar-refractivity contribution in [2.75, 3.05) is 0 Å². The Morgan fingerprint density at radius 1 is 1.31 bits per heavy atom. The SMILES string of the molecule is CC1CC/C(=C/c2ccc(Cl)cc2)C(=O)C1. The van der Waals surface area contributed by atoms with Crippen molar-refractivity contribution < 1.29 is 4.79 Å². The van der Waals surface area contributed by atoms with Gasteiger partial charge in [-0.15, -0.1) is 0 Å². The summed E-state index contributed by atoms with van der Waals surface area (Å²) < 4.78 is 0. The fourth-order valence-electron chi connectivity index (χ4n) is 2.00. The number of benzene rings is 1. The molecule has 2 heteroatoms.